The molecule has 0 aliphatic carbocycles. The highest BCUT2D eigenvalue weighted by Gasteiger charge is 2.11. The van der Waals surface area contributed by atoms with Crippen LogP contribution in [-0.4, -0.2) is 15.0 Å². The van der Waals surface area contributed by atoms with Crippen molar-refractivity contribution in [2.24, 2.45) is 0 Å². The highest BCUT2D eigenvalue weighted by molar-refractivity contribution is 14.1. The molecule has 3 rings (SSSR count). The smallest absolute Gasteiger partial charge is 0.129 e. The predicted octanol–water partition coefficient (Wildman–Crippen LogP) is 3.99. The van der Waals surface area contributed by atoms with E-state index in [-0.39, 0.29) is 0 Å². The number of halogens is 2. The number of nitrogen functional groups attached to an aromatic ring is 1. The van der Waals surface area contributed by atoms with Crippen LogP contribution < -0.4 is 5.73 Å². The van der Waals surface area contributed by atoms with Crippen LogP contribution in [0.25, 0.3) is 16.7 Å². The van der Waals surface area contributed by atoms with Gasteiger partial charge in [0.1, 0.15) is 11.0 Å². The number of nitrogens with zero attached hydrogens (tertiary/aromatic N) is 3. The van der Waals surface area contributed by atoms with Crippen LogP contribution in [0.2, 0.25) is 0 Å². The fourth-order valence-electron chi connectivity index (χ4n) is 2.12. The Bertz CT molecular complexity index is 802. The molecule has 0 unspecified atom stereocenters. The molecular weight excluding hydrogens is 431 g/mol. The van der Waals surface area contributed by atoms with Gasteiger partial charge in [-0.2, -0.15) is 4.80 Å². The van der Waals surface area contributed by atoms with Gasteiger partial charge in [0, 0.05) is 9.26 Å². The minimum atomic E-state index is 0.666. The lowest BCUT2D eigenvalue weighted by atomic mass is 10.1. The van der Waals surface area contributed by atoms with Crippen LogP contribution in [-0.2, 0) is 0 Å². The zero-order chi connectivity index (χ0) is 14.4. The van der Waals surface area contributed by atoms with Gasteiger partial charge >= 0.3 is 0 Å². The minimum Gasteiger partial charge on any atom is -0.398 e. The van der Waals surface area contributed by atoms with Gasteiger partial charge in [0.05, 0.1) is 10.2 Å². The molecule has 0 spiro atoms. The number of benzene rings is 2. The zero-order valence-corrected chi connectivity index (χ0v) is 14.7. The number of hydrogen-bond acceptors (Lipinski definition) is 3. The van der Waals surface area contributed by atoms with Crippen molar-refractivity contribution in [1.82, 2.24) is 15.0 Å². The van der Waals surface area contributed by atoms with Crippen LogP contribution in [0.15, 0.2) is 28.7 Å². The summed E-state index contributed by atoms with van der Waals surface area (Å²) in [6.45, 7) is 4.19. The largest absolute Gasteiger partial charge is 0.398 e. The van der Waals surface area contributed by atoms with E-state index < -0.39 is 0 Å². The van der Waals surface area contributed by atoms with Gasteiger partial charge in [-0.15, -0.1) is 10.2 Å². The Morgan fingerprint density at radius 3 is 2.45 bits per heavy atom. The molecule has 3 aromatic rings. The first-order valence-corrected chi connectivity index (χ1v) is 7.92. The Kier molecular flexibility index (Phi) is 3.45. The molecule has 2 N–H and O–H groups in total. The second-order valence-corrected chi connectivity index (χ2v) is 6.59. The van der Waals surface area contributed by atoms with Crippen LogP contribution in [0.5, 0.6) is 0 Å². The standard InChI is InChI=1S/C14H12BrIN4/c1-7-5-9(6-8(2)13(7)16)20-18-11-4-3-10(17)12(15)14(11)19-20/h3-6H,17H2,1-2H3. The van der Waals surface area contributed by atoms with Crippen LogP contribution in [0.3, 0.4) is 0 Å². The molecule has 20 heavy (non-hydrogen) atoms. The van der Waals surface area contributed by atoms with Gasteiger partial charge in [0.2, 0.25) is 0 Å². The van der Waals surface area contributed by atoms with E-state index in [1.165, 1.54) is 14.7 Å². The molecule has 1 heterocycles. The number of aromatic nitrogens is 3. The molecule has 0 saturated carbocycles. The second kappa shape index (κ2) is 5.00. The molecule has 0 fully saturated rings. The first-order chi connectivity index (χ1) is 9.47. The van der Waals surface area contributed by atoms with Crippen LogP contribution >= 0.6 is 38.5 Å². The highest BCUT2D eigenvalue weighted by Crippen LogP contribution is 2.28. The molecule has 0 aliphatic rings. The van der Waals surface area contributed by atoms with Gasteiger partial charge in [-0.3, -0.25) is 0 Å². The third-order valence-corrected chi connectivity index (χ3v) is 5.71. The first kappa shape index (κ1) is 13.8. The number of anilines is 1. The van der Waals surface area contributed by atoms with Gasteiger partial charge in [0.15, 0.2) is 0 Å². The minimum absolute atomic E-state index is 0.666. The Morgan fingerprint density at radius 1 is 1.15 bits per heavy atom. The molecule has 0 saturated heterocycles. The molecule has 0 amide bonds. The number of aryl methyl sites for hydroxylation is 2. The summed E-state index contributed by atoms with van der Waals surface area (Å²) in [6.07, 6.45) is 0. The van der Waals surface area contributed by atoms with Gasteiger partial charge < -0.3 is 5.73 Å². The molecule has 4 nitrogen and oxygen atoms in total. The molecule has 1 aromatic heterocycles. The van der Waals surface area contributed by atoms with E-state index in [1.807, 2.05) is 12.1 Å². The van der Waals surface area contributed by atoms with Gasteiger partial charge in [-0.05, 0) is 87.8 Å². The van der Waals surface area contributed by atoms with E-state index in [1.54, 1.807) is 4.80 Å². The van der Waals surface area contributed by atoms with Crippen molar-refractivity contribution < 1.29 is 0 Å². The van der Waals surface area contributed by atoms with Crippen LogP contribution in [0.4, 0.5) is 5.69 Å². The average molecular weight is 443 g/mol. The Labute approximate surface area is 138 Å². The van der Waals surface area contributed by atoms with E-state index in [0.29, 0.717) is 5.69 Å². The molecule has 0 aliphatic heterocycles. The zero-order valence-electron chi connectivity index (χ0n) is 11.0. The molecule has 0 bridgehead atoms. The van der Waals surface area contributed by atoms with Crippen LogP contribution in [0, 0.1) is 17.4 Å². The average Bonchev–Trinajstić information content (AvgIpc) is 2.84. The van der Waals surface area contributed by atoms with E-state index >= 15 is 0 Å². The van der Waals surface area contributed by atoms with E-state index in [2.05, 4.69) is 74.7 Å². The third kappa shape index (κ3) is 2.20. The molecule has 6 heteroatoms. The third-order valence-electron chi connectivity index (χ3n) is 3.17. The molecular formula is C14H12BrIN4. The SMILES string of the molecule is Cc1cc(-n2nc3ccc(N)c(Br)c3n2)cc(C)c1I. The quantitative estimate of drug-likeness (QED) is 0.458. The lowest BCUT2D eigenvalue weighted by Crippen LogP contribution is -2.01. The van der Waals surface area contributed by atoms with Crippen molar-refractivity contribution in [3.63, 3.8) is 0 Å². The summed E-state index contributed by atoms with van der Waals surface area (Å²) in [7, 11) is 0. The number of fused-ring (bicyclic) bond motifs is 1. The van der Waals surface area contributed by atoms with Crippen molar-refractivity contribution in [3.05, 3.63) is 43.4 Å². The first-order valence-electron chi connectivity index (χ1n) is 6.05. The number of rotatable bonds is 1. The fraction of sp³-hybridized carbons (Fsp3) is 0.143. The van der Waals surface area contributed by atoms with E-state index in [9.17, 15) is 0 Å². The van der Waals surface area contributed by atoms with E-state index in [4.69, 9.17) is 5.73 Å². The summed E-state index contributed by atoms with van der Waals surface area (Å²) in [5.74, 6) is 0. The summed E-state index contributed by atoms with van der Waals surface area (Å²) >= 11 is 5.82. The van der Waals surface area contributed by atoms with E-state index in [0.717, 1.165) is 21.2 Å². The number of hydrogen-bond donors (Lipinski definition) is 1. The monoisotopic (exact) mass is 442 g/mol. The van der Waals surface area contributed by atoms with Crippen molar-refractivity contribution in [3.8, 4) is 5.69 Å². The highest BCUT2D eigenvalue weighted by atomic mass is 127. The topological polar surface area (TPSA) is 56.7 Å². The number of nitrogens with two attached hydrogens (primary N) is 1. The lowest BCUT2D eigenvalue weighted by molar-refractivity contribution is 0.763. The van der Waals surface area contributed by atoms with Gasteiger partial charge in [0.25, 0.3) is 0 Å². The summed E-state index contributed by atoms with van der Waals surface area (Å²) < 4.78 is 2.06. The Morgan fingerprint density at radius 2 is 1.80 bits per heavy atom. The molecule has 102 valence electrons. The van der Waals surface area contributed by atoms with Crippen molar-refractivity contribution in [2.75, 3.05) is 5.73 Å². The normalized spacial score (nSPS) is 11.2. The summed E-state index contributed by atoms with van der Waals surface area (Å²) in [6, 6.07) is 7.89. The summed E-state index contributed by atoms with van der Waals surface area (Å²) in [4.78, 5) is 1.66. The van der Waals surface area contributed by atoms with Crippen molar-refractivity contribution in [1.29, 1.82) is 0 Å². The predicted molar refractivity (Wildman–Crippen MR) is 93.2 cm³/mol. The lowest BCUT2D eigenvalue weighted by Gasteiger charge is -2.06. The summed E-state index contributed by atoms with van der Waals surface area (Å²) in [5.41, 5.74) is 11.5. The van der Waals surface area contributed by atoms with Gasteiger partial charge in [-0.1, -0.05) is 0 Å². The molecule has 0 atom stereocenters. The summed E-state index contributed by atoms with van der Waals surface area (Å²) in [5, 5.41) is 9.05. The Hall–Kier alpha value is -1.15. The maximum Gasteiger partial charge on any atom is 0.129 e. The van der Waals surface area contributed by atoms with Crippen molar-refractivity contribution >= 4 is 55.2 Å². The maximum atomic E-state index is 5.88. The second-order valence-electron chi connectivity index (χ2n) is 4.72. The Balaban J connectivity index is 2.23. The maximum absolute atomic E-state index is 5.88. The van der Waals surface area contributed by atoms with Crippen molar-refractivity contribution in [2.45, 2.75) is 13.8 Å². The van der Waals surface area contributed by atoms with Crippen LogP contribution in [0.1, 0.15) is 11.1 Å². The fourth-order valence-corrected chi connectivity index (χ4v) is 2.84. The molecule has 0 radical (unpaired) electrons. The van der Waals surface area contributed by atoms with Gasteiger partial charge in [-0.25, -0.2) is 0 Å². The molecule has 2 aromatic carbocycles.